The monoisotopic (exact) mass is 941 g/mol. The molecule has 0 saturated heterocycles. The van der Waals surface area contributed by atoms with Crippen LogP contribution in [-0.2, 0) is 16.2 Å². The van der Waals surface area contributed by atoms with E-state index >= 15 is 0 Å². The van der Waals surface area contributed by atoms with Crippen molar-refractivity contribution in [3.63, 3.8) is 0 Å². The molecule has 0 spiro atoms. The van der Waals surface area contributed by atoms with Crippen LogP contribution in [0.1, 0.15) is 103 Å². The minimum Gasteiger partial charge on any atom is -0.454 e. The lowest BCUT2D eigenvalue weighted by molar-refractivity contribution is 0.195. The standard InChI is InChI=1S/C65H60BN3OS/c1-39-34-55-59-56(35-39)68(52-23-17-21-46-44-19-11-13-25-58(44)71-61(46)52)53-37-41(63(5,6)7)26-29-48(53)66(59)49-30-28-42(38-54(49)67(55)51-22-16-20-45-43-18-10-12-24-57(43)70-60(45)51)69-50-31-27-40(62(2,3)4)36-47(50)64(8)32-14-15-33-65(64,69)9/h10-13,16-31,34-38H,14-15,32-33H2,1-9H3. The van der Waals surface area contributed by atoms with E-state index < -0.39 is 0 Å². The van der Waals surface area contributed by atoms with Crippen LogP contribution in [0.3, 0.4) is 0 Å². The number of benzene rings is 8. The Hall–Kier alpha value is -6.76. The number of rotatable bonds is 3. The Morgan fingerprint density at radius 1 is 0.535 bits per heavy atom. The summed E-state index contributed by atoms with van der Waals surface area (Å²) in [6.45, 7) is 21.5. The van der Waals surface area contributed by atoms with Crippen molar-refractivity contribution in [2.45, 2.75) is 110 Å². The summed E-state index contributed by atoms with van der Waals surface area (Å²) < 4.78 is 9.64. The number of hydrogen-bond donors (Lipinski definition) is 0. The predicted molar refractivity (Wildman–Crippen MR) is 306 cm³/mol. The summed E-state index contributed by atoms with van der Waals surface area (Å²) in [6, 6.07) is 58.4. The Labute approximate surface area is 422 Å². The Balaban J connectivity index is 1.07. The Bertz CT molecular complexity index is 3900. The third kappa shape index (κ3) is 5.92. The van der Waals surface area contributed by atoms with Crippen molar-refractivity contribution in [3.05, 3.63) is 174 Å². The van der Waals surface area contributed by atoms with Gasteiger partial charge in [0.15, 0.2) is 5.58 Å². The minimum atomic E-state index is -0.104. The summed E-state index contributed by atoms with van der Waals surface area (Å²) in [7, 11) is 0. The lowest BCUT2D eigenvalue weighted by Crippen LogP contribution is -2.61. The van der Waals surface area contributed by atoms with Gasteiger partial charge in [-0.15, -0.1) is 11.3 Å². The van der Waals surface area contributed by atoms with Crippen molar-refractivity contribution in [1.29, 1.82) is 0 Å². The fraction of sp³-hybridized carbons (Fsp3) is 0.262. The molecule has 71 heavy (non-hydrogen) atoms. The highest BCUT2D eigenvalue weighted by Crippen LogP contribution is 2.62. The van der Waals surface area contributed by atoms with Crippen LogP contribution in [0.5, 0.6) is 0 Å². The number of nitrogens with zero attached hydrogens (tertiary/aromatic N) is 3. The van der Waals surface area contributed by atoms with Gasteiger partial charge >= 0.3 is 0 Å². The third-order valence-corrected chi connectivity index (χ3v) is 18.8. The highest BCUT2D eigenvalue weighted by molar-refractivity contribution is 7.26. The van der Waals surface area contributed by atoms with E-state index in [-0.39, 0.29) is 28.5 Å². The van der Waals surface area contributed by atoms with Crippen molar-refractivity contribution in [2.75, 3.05) is 14.7 Å². The molecule has 5 heterocycles. The molecular formula is C65H60BN3OS. The topological polar surface area (TPSA) is 22.9 Å². The van der Waals surface area contributed by atoms with Crippen LogP contribution in [0, 0.1) is 6.92 Å². The summed E-state index contributed by atoms with van der Waals surface area (Å²) in [4.78, 5) is 7.98. The average molecular weight is 942 g/mol. The molecule has 0 amide bonds. The van der Waals surface area contributed by atoms with Crippen LogP contribution in [0.15, 0.2) is 156 Å². The predicted octanol–water partition coefficient (Wildman–Crippen LogP) is 16.7. The first-order chi connectivity index (χ1) is 34.1. The summed E-state index contributed by atoms with van der Waals surface area (Å²) in [6.07, 6.45) is 4.80. The van der Waals surface area contributed by atoms with Gasteiger partial charge in [-0.25, -0.2) is 0 Å². The maximum atomic E-state index is 7.02. The van der Waals surface area contributed by atoms with Gasteiger partial charge in [0.2, 0.25) is 0 Å². The minimum absolute atomic E-state index is 0.00369. The second-order valence-electron chi connectivity index (χ2n) is 23.7. The summed E-state index contributed by atoms with van der Waals surface area (Å²) >= 11 is 1.91. The van der Waals surface area contributed by atoms with Crippen LogP contribution in [0.4, 0.5) is 45.5 Å². The smallest absolute Gasteiger partial charge is 0.252 e. The largest absolute Gasteiger partial charge is 0.454 e. The lowest BCUT2D eigenvalue weighted by Gasteiger charge is -2.50. The normalized spacial score (nSPS) is 19.4. The summed E-state index contributed by atoms with van der Waals surface area (Å²) in [5, 5.41) is 4.88. The van der Waals surface area contributed by atoms with E-state index in [9.17, 15) is 0 Å². The molecule has 350 valence electrons. The Morgan fingerprint density at radius 2 is 1.15 bits per heavy atom. The Morgan fingerprint density at radius 3 is 1.93 bits per heavy atom. The fourth-order valence-electron chi connectivity index (χ4n) is 13.7. The van der Waals surface area contributed by atoms with E-state index in [1.807, 2.05) is 11.3 Å². The number of fused-ring (bicyclic) bond motifs is 13. The van der Waals surface area contributed by atoms with Crippen molar-refractivity contribution >= 4 is 122 Å². The zero-order valence-corrected chi connectivity index (χ0v) is 43.3. The molecule has 8 aromatic carbocycles. The molecule has 6 heteroatoms. The first kappa shape index (κ1) is 43.1. The molecule has 1 fully saturated rings. The molecule has 10 aromatic rings. The van der Waals surface area contributed by atoms with Gasteiger partial charge in [-0.05, 0) is 137 Å². The SMILES string of the molecule is Cc1cc2c3c(c1)N(c1cccc4c1sc1ccccc14)c1cc(C(C)(C)C)ccc1B3c1ccc(N3c4ccc(C(C)(C)C)cc4C4(C)CCCCC34C)cc1N2c1cccc2c1oc1ccccc12. The van der Waals surface area contributed by atoms with Crippen LogP contribution < -0.4 is 31.1 Å². The molecule has 0 bridgehead atoms. The van der Waals surface area contributed by atoms with Crippen molar-refractivity contribution in [3.8, 4) is 0 Å². The molecule has 4 nitrogen and oxygen atoms in total. The van der Waals surface area contributed by atoms with E-state index in [0.717, 1.165) is 34.0 Å². The first-order valence-corrected chi connectivity index (χ1v) is 26.7. The number of aryl methyl sites for hydroxylation is 1. The highest BCUT2D eigenvalue weighted by atomic mass is 32.1. The molecule has 2 atom stereocenters. The van der Waals surface area contributed by atoms with Crippen LogP contribution in [0.2, 0.25) is 0 Å². The molecule has 1 saturated carbocycles. The third-order valence-electron chi connectivity index (χ3n) is 17.5. The average Bonchev–Trinajstić information content (AvgIpc) is 3.99. The van der Waals surface area contributed by atoms with Gasteiger partial charge in [-0.3, -0.25) is 0 Å². The maximum Gasteiger partial charge on any atom is 0.252 e. The van der Waals surface area contributed by atoms with E-state index in [1.54, 1.807) is 0 Å². The Kier molecular flexibility index (Phi) is 8.90. The van der Waals surface area contributed by atoms with E-state index in [2.05, 4.69) is 229 Å². The molecule has 0 radical (unpaired) electrons. The van der Waals surface area contributed by atoms with E-state index in [4.69, 9.17) is 4.42 Å². The van der Waals surface area contributed by atoms with Crippen LogP contribution >= 0.6 is 11.3 Å². The second kappa shape index (κ2) is 14.7. The maximum absolute atomic E-state index is 7.02. The molecule has 1 aliphatic carbocycles. The van der Waals surface area contributed by atoms with Crippen molar-refractivity contribution in [2.24, 2.45) is 0 Å². The molecule has 4 aliphatic rings. The van der Waals surface area contributed by atoms with Gasteiger partial charge in [-0.2, -0.15) is 0 Å². The zero-order chi connectivity index (χ0) is 48.5. The molecular weight excluding hydrogens is 882 g/mol. The number of hydrogen-bond acceptors (Lipinski definition) is 5. The van der Waals surface area contributed by atoms with Gasteiger partial charge in [0.05, 0.1) is 21.6 Å². The first-order valence-electron chi connectivity index (χ1n) is 25.9. The van der Waals surface area contributed by atoms with Gasteiger partial charge in [0.1, 0.15) is 5.58 Å². The molecule has 14 rings (SSSR count). The molecule has 2 aromatic heterocycles. The van der Waals surface area contributed by atoms with Gasteiger partial charge in [-0.1, -0.05) is 152 Å². The zero-order valence-electron chi connectivity index (χ0n) is 42.5. The van der Waals surface area contributed by atoms with E-state index in [0.29, 0.717) is 0 Å². The number of furan rings is 1. The van der Waals surface area contributed by atoms with Gasteiger partial charge in [0.25, 0.3) is 6.71 Å². The molecule has 2 unspecified atom stereocenters. The van der Waals surface area contributed by atoms with Crippen LogP contribution in [-0.4, -0.2) is 12.3 Å². The molecule has 0 N–H and O–H groups in total. The molecule has 3 aliphatic heterocycles. The fourth-order valence-corrected chi connectivity index (χ4v) is 14.9. The number of para-hydroxylation sites is 2. The summed E-state index contributed by atoms with van der Waals surface area (Å²) in [5.74, 6) is 0. The number of thiophene rings is 1. The summed E-state index contributed by atoms with van der Waals surface area (Å²) in [5.41, 5.74) is 20.9. The van der Waals surface area contributed by atoms with Gasteiger partial charge < -0.3 is 19.1 Å². The number of anilines is 8. The van der Waals surface area contributed by atoms with Gasteiger partial charge in [0, 0.05) is 65.8 Å². The van der Waals surface area contributed by atoms with Crippen molar-refractivity contribution < 1.29 is 4.42 Å². The van der Waals surface area contributed by atoms with E-state index in [1.165, 1.54) is 118 Å². The highest BCUT2D eigenvalue weighted by Gasteiger charge is 2.58. The second-order valence-corrected chi connectivity index (χ2v) is 24.8. The van der Waals surface area contributed by atoms with Crippen molar-refractivity contribution in [1.82, 2.24) is 0 Å². The lowest BCUT2D eigenvalue weighted by atomic mass is 9.33. The quantitative estimate of drug-likeness (QED) is 0.165. The van der Waals surface area contributed by atoms with Crippen LogP contribution in [0.25, 0.3) is 42.1 Å².